The number of aromatic nitrogens is 2. The minimum absolute atomic E-state index is 0.0546. The third kappa shape index (κ3) is 4.05. The van der Waals surface area contributed by atoms with Crippen molar-refractivity contribution in [2.75, 3.05) is 5.32 Å². The van der Waals surface area contributed by atoms with Gasteiger partial charge in [-0.05, 0) is 67.8 Å². The Morgan fingerprint density at radius 3 is 2.52 bits per heavy atom. The molecule has 0 aliphatic carbocycles. The predicted octanol–water partition coefficient (Wildman–Crippen LogP) is 4.81. The Kier molecular flexibility index (Phi) is 5.29. The highest BCUT2D eigenvalue weighted by Crippen LogP contribution is 2.27. The van der Waals surface area contributed by atoms with Crippen LogP contribution in [0.25, 0.3) is 16.9 Å². The van der Waals surface area contributed by atoms with Gasteiger partial charge in [0.2, 0.25) is 5.91 Å². The van der Waals surface area contributed by atoms with E-state index in [1.807, 2.05) is 48.7 Å². The van der Waals surface area contributed by atoms with Gasteiger partial charge in [0.25, 0.3) is 0 Å². The molecule has 2 aromatic carbocycles. The number of aryl methyl sites for hydroxylation is 3. The quantitative estimate of drug-likeness (QED) is 0.492. The van der Waals surface area contributed by atoms with Gasteiger partial charge in [-0.2, -0.15) is 0 Å². The average molecular weight is 413 g/mol. The van der Waals surface area contributed by atoms with Crippen LogP contribution in [0.15, 0.2) is 60.8 Å². The number of imidazole rings is 1. The van der Waals surface area contributed by atoms with Gasteiger partial charge in [-0.25, -0.2) is 9.78 Å². The number of nitrogens with one attached hydrogen (secondary N) is 1. The summed E-state index contributed by atoms with van der Waals surface area (Å²) >= 11 is 0. The molecule has 0 radical (unpaired) electrons. The van der Waals surface area contributed by atoms with E-state index in [0.29, 0.717) is 0 Å². The van der Waals surface area contributed by atoms with Gasteiger partial charge in [0.05, 0.1) is 29.1 Å². The summed E-state index contributed by atoms with van der Waals surface area (Å²) in [5.74, 6) is -1.39. The highest BCUT2D eigenvalue weighted by molar-refractivity contribution is 6.01. The summed E-state index contributed by atoms with van der Waals surface area (Å²) in [7, 11) is 0. The number of nitrogens with zero attached hydrogens (tertiary/aromatic N) is 2. The molecule has 2 N–H and O–H groups in total. The normalized spacial score (nSPS) is 10.9. The summed E-state index contributed by atoms with van der Waals surface area (Å²) in [4.78, 5) is 29.2. The maximum absolute atomic E-state index is 12.9. The van der Waals surface area contributed by atoms with Crippen molar-refractivity contribution >= 4 is 23.2 Å². The molecule has 4 rings (SSSR count). The Hall–Kier alpha value is -3.93. The molecule has 0 spiro atoms. The Labute approximate surface area is 180 Å². The fraction of sp³-hybridized carbons (Fsp3) is 0.160. The van der Waals surface area contributed by atoms with Crippen LogP contribution in [0, 0.1) is 20.8 Å². The third-order valence-corrected chi connectivity index (χ3v) is 5.42. The molecule has 0 atom stereocenters. The van der Waals surface area contributed by atoms with Crippen molar-refractivity contribution in [2.24, 2.45) is 0 Å². The van der Waals surface area contributed by atoms with Crippen LogP contribution in [0.4, 0.5) is 5.69 Å². The minimum Gasteiger partial charge on any atom is -0.478 e. The first-order valence-electron chi connectivity index (χ1n) is 10.0. The van der Waals surface area contributed by atoms with Crippen molar-refractivity contribution < 1.29 is 14.7 Å². The number of carbonyl (C=O) groups is 2. The number of pyridine rings is 1. The first-order valence-corrected chi connectivity index (χ1v) is 10.0. The second kappa shape index (κ2) is 8.07. The van der Waals surface area contributed by atoms with Crippen LogP contribution in [0.3, 0.4) is 0 Å². The number of benzene rings is 2. The molecule has 0 saturated heterocycles. The lowest BCUT2D eigenvalue weighted by Crippen LogP contribution is -2.18. The Bertz CT molecular complexity index is 1320. The number of hydrogen-bond acceptors (Lipinski definition) is 3. The maximum Gasteiger partial charge on any atom is 0.337 e. The molecule has 0 bridgehead atoms. The van der Waals surface area contributed by atoms with E-state index in [-0.39, 0.29) is 23.6 Å². The van der Waals surface area contributed by atoms with Crippen LogP contribution in [0.5, 0.6) is 0 Å². The Balaban J connectivity index is 1.75. The lowest BCUT2D eigenvalue weighted by Gasteiger charge is -2.10. The molecule has 0 unspecified atom stereocenters. The molecule has 2 heterocycles. The second-order valence-electron chi connectivity index (χ2n) is 7.71. The van der Waals surface area contributed by atoms with Crippen molar-refractivity contribution in [3.8, 4) is 11.3 Å². The highest BCUT2D eigenvalue weighted by Gasteiger charge is 2.19. The van der Waals surface area contributed by atoms with E-state index in [2.05, 4.69) is 18.3 Å². The monoisotopic (exact) mass is 413 g/mol. The highest BCUT2D eigenvalue weighted by atomic mass is 16.4. The molecule has 156 valence electrons. The van der Waals surface area contributed by atoms with Crippen LogP contribution in [-0.2, 0) is 11.2 Å². The molecular weight excluding hydrogens is 390 g/mol. The van der Waals surface area contributed by atoms with Crippen LogP contribution < -0.4 is 5.32 Å². The van der Waals surface area contributed by atoms with Gasteiger partial charge in [0.1, 0.15) is 5.65 Å². The van der Waals surface area contributed by atoms with Crippen molar-refractivity contribution in [1.82, 2.24) is 9.38 Å². The molecule has 2 aromatic heterocycles. The van der Waals surface area contributed by atoms with Crippen LogP contribution in [0.2, 0.25) is 0 Å². The van der Waals surface area contributed by atoms with Gasteiger partial charge in [-0.1, -0.05) is 24.3 Å². The van der Waals surface area contributed by atoms with E-state index in [0.717, 1.165) is 33.7 Å². The van der Waals surface area contributed by atoms with Gasteiger partial charge in [-0.3, -0.25) is 4.79 Å². The van der Waals surface area contributed by atoms with Gasteiger partial charge >= 0.3 is 5.97 Å². The SMILES string of the molecule is Cc1ccn2c(CC(=O)Nc3ccccc3C(=O)O)c(-c3ccc(C)c(C)c3)nc2c1. The van der Waals surface area contributed by atoms with Crippen molar-refractivity contribution in [3.63, 3.8) is 0 Å². The summed E-state index contributed by atoms with van der Waals surface area (Å²) in [6.45, 7) is 6.11. The molecule has 0 fully saturated rings. The van der Waals surface area contributed by atoms with E-state index < -0.39 is 5.97 Å². The van der Waals surface area contributed by atoms with Gasteiger partial charge < -0.3 is 14.8 Å². The molecule has 6 heteroatoms. The summed E-state index contributed by atoms with van der Waals surface area (Å²) in [6.07, 6.45) is 1.97. The number of carbonyl (C=O) groups excluding carboxylic acids is 1. The molecule has 0 saturated carbocycles. The summed E-state index contributed by atoms with van der Waals surface area (Å²) in [6, 6.07) is 16.5. The largest absolute Gasteiger partial charge is 0.478 e. The predicted molar refractivity (Wildman–Crippen MR) is 121 cm³/mol. The summed E-state index contributed by atoms with van der Waals surface area (Å²) < 4.78 is 1.92. The van der Waals surface area contributed by atoms with Crippen LogP contribution in [-0.4, -0.2) is 26.4 Å². The zero-order chi connectivity index (χ0) is 22.1. The number of para-hydroxylation sites is 1. The van der Waals surface area contributed by atoms with E-state index in [1.54, 1.807) is 18.2 Å². The topological polar surface area (TPSA) is 83.7 Å². The van der Waals surface area contributed by atoms with Gasteiger partial charge in [0, 0.05) is 11.8 Å². The smallest absolute Gasteiger partial charge is 0.337 e. The number of hydrogen-bond donors (Lipinski definition) is 2. The van der Waals surface area contributed by atoms with E-state index in [4.69, 9.17) is 4.98 Å². The zero-order valence-corrected chi connectivity index (χ0v) is 17.6. The van der Waals surface area contributed by atoms with Gasteiger partial charge in [-0.15, -0.1) is 0 Å². The first kappa shape index (κ1) is 20.3. The maximum atomic E-state index is 12.9. The third-order valence-electron chi connectivity index (χ3n) is 5.42. The standard InChI is InChI=1S/C25H23N3O3/c1-15-10-11-28-21(14-23(29)26-20-7-5-4-6-19(20)25(30)31)24(27-22(28)12-15)18-9-8-16(2)17(3)13-18/h4-13H,14H2,1-3H3,(H,26,29)(H,30,31). The number of aromatic carboxylic acids is 1. The fourth-order valence-corrected chi connectivity index (χ4v) is 3.61. The minimum atomic E-state index is -1.09. The van der Waals surface area contributed by atoms with Crippen molar-refractivity contribution in [1.29, 1.82) is 0 Å². The number of amides is 1. The summed E-state index contributed by atoms with van der Waals surface area (Å²) in [5.41, 5.74) is 6.95. The van der Waals surface area contributed by atoms with Gasteiger partial charge in [0.15, 0.2) is 0 Å². The Morgan fingerprint density at radius 2 is 1.77 bits per heavy atom. The average Bonchev–Trinajstić information content (AvgIpc) is 3.07. The van der Waals surface area contributed by atoms with E-state index >= 15 is 0 Å². The molecule has 0 aliphatic heterocycles. The van der Waals surface area contributed by atoms with Crippen molar-refractivity contribution in [2.45, 2.75) is 27.2 Å². The number of carboxylic acids is 1. The number of carboxylic acid groups (broad SMARTS) is 1. The molecule has 6 nitrogen and oxygen atoms in total. The molecule has 1 amide bonds. The fourth-order valence-electron chi connectivity index (χ4n) is 3.61. The van der Waals surface area contributed by atoms with Crippen molar-refractivity contribution in [3.05, 3.63) is 88.7 Å². The first-order chi connectivity index (χ1) is 14.8. The lowest BCUT2D eigenvalue weighted by atomic mass is 10.0. The van der Waals surface area contributed by atoms with Crippen LogP contribution >= 0.6 is 0 Å². The molecular formula is C25H23N3O3. The molecule has 0 aliphatic rings. The molecule has 4 aromatic rings. The number of fused-ring (bicyclic) bond motifs is 1. The number of rotatable bonds is 5. The summed E-state index contributed by atoms with van der Waals surface area (Å²) in [5, 5.41) is 12.1. The van der Waals surface area contributed by atoms with E-state index in [9.17, 15) is 14.7 Å². The van der Waals surface area contributed by atoms with E-state index in [1.165, 1.54) is 11.6 Å². The number of anilines is 1. The molecule has 31 heavy (non-hydrogen) atoms. The second-order valence-corrected chi connectivity index (χ2v) is 7.71. The Morgan fingerprint density at radius 1 is 1.00 bits per heavy atom. The zero-order valence-electron chi connectivity index (χ0n) is 17.6. The van der Waals surface area contributed by atoms with Crippen LogP contribution in [0.1, 0.15) is 32.7 Å². The lowest BCUT2D eigenvalue weighted by molar-refractivity contribution is -0.115.